The van der Waals surface area contributed by atoms with Gasteiger partial charge in [0, 0.05) is 13.6 Å². The van der Waals surface area contributed by atoms with Crippen LogP contribution in [-0.2, 0) is 4.79 Å². The number of carbonyl (C=O) groups is 1. The average Bonchev–Trinajstić information content (AvgIpc) is 3.19. The topological polar surface area (TPSA) is 46.3 Å². The van der Waals surface area contributed by atoms with Gasteiger partial charge in [-0.05, 0) is 87.4 Å². The SMILES string of the molecule is CN(CC12CC3CC(CC(C3)C1)C2)C(=O)C(C)(N)C1CC1. The number of carbonyl (C=O) groups excluding carboxylic acids is 1. The van der Waals surface area contributed by atoms with Gasteiger partial charge in [0.25, 0.3) is 0 Å². The number of nitrogens with zero attached hydrogens (tertiary/aromatic N) is 1. The minimum Gasteiger partial charge on any atom is -0.344 e. The van der Waals surface area contributed by atoms with Crippen molar-refractivity contribution in [2.75, 3.05) is 13.6 Å². The van der Waals surface area contributed by atoms with Crippen LogP contribution in [0.3, 0.4) is 0 Å². The first-order valence-electron chi connectivity index (χ1n) is 8.92. The Balaban J connectivity index is 1.46. The van der Waals surface area contributed by atoms with Crippen LogP contribution >= 0.6 is 0 Å². The maximum Gasteiger partial charge on any atom is 0.242 e. The third-order valence-electron chi connectivity index (χ3n) is 6.97. The predicted molar refractivity (Wildman–Crippen MR) is 83.6 cm³/mol. The van der Waals surface area contributed by atoms with Gasteiger partial charge in [-0.1, -0.05) is 0 Å². The van der Waals surface area contributed by atoms with Crippen LogP contribution in [0.15, 0.2) is 0 Å². The maximum atomic E-state index is 12.8. The number of rotatable bonds is 4. The van der Waals surface area contributed by atoms with Crippen molar-refractivity contribution >= 4 is 5.91 Å². The summed E-state index contributed by atoms with van der Waals surface area (Å²) in [7, 11) is 1.99. The molecule has 1 atom stereocenters. The second-order valence-electron chi connectivity index (χ2n) is 9.14. The van der Waals surface area contributed by atoms with Gasteiger partial charge in [-0.2, -0.15) is 0 Å². The molecule has 0 radical (unpaired) electrons. The molecule has 1 amide bonds. The lowest BCUT2D eigenvalue weighted by molar-refractivity contribution is -0.141. The average molecular weight is 290 g/mol. The molecule has 1 unspecified atom stereocenters. The Kier molecular flexibility index (Phi) is 2.99. The molecule has 5 rings (SSSR count). The van der Waals surface area contributed by atoms with E-state index in [-0.39, 0.29) is 5.91 Å². The second kappa shape index (κ2) is 4.47. The van der Waals surface area contributed by atoms with Crippen LogP contribution in [0, 0.1) is 29.1 Å². The van der Waals surface area contributed by atoms with E-state index >= 15 is 0 Å². The van der Waals surface area contributed by atoms with Crippen LogP contribution in [0.1, 0.15) is 58.3 Å². The van der Waals surface area contributed by atoms with Crippen molar-refractivity contribution in [3.63, 3.8) is 0 Å². The summed E-state index contributed by atoms with van der Waals surface area (Å²) in [4.78, 5) is 14.8. The highest BCUT2D eigenvalue weighted by Gasteiger charge is 2.52. The Morgan fingerprint density at radius 1 is 1.14 bits per heavy atom. The Morgan fingerprint density at radius 2 is 1.62 bits per heavy atom. The second-order valence-corrected chi connectivity index (χ2v) is 9.14. The molecule has 0 aromatic carbocycles. The molecule has 3 nitrogen and oxygen atoms in total. The fraction of sp³-hybridized carbons (Fsp3) is 0.944. The van der Waals surface area contributed by atoms with E-state index in [0.717, 1.165) is 37.1 Å². The first kappa shape index (κ1) is 14.0. The fourth-order valence-corrected chi connectivity index (χ4v) is 6.33. The Morgan fingerprint density at radius 3 is 2.05 bits per heavy atom. The van der Waals surface area contributed by atoms with Crippen LogP contribution in [0.4, 0.5) is 0 Å². The summed E-state index contributed by atoms with van der Waals surface area (Å²) >= 11 is 0. The first-order valence-corrected chi connectivity index (χ1v) is 8.92. The van der Waals surface area contributed by atoms with Crippen molar-refractivity contribution in [3.8, 4) is 0 Å². The molecule has 21 heavy (non-hydrogen) atoms. The lowest BCUT2D eigenvalue weighted by Crippen LogP contribution is -2.57. The van der Waals surface area contributed by atoms with Gasteiger partial charge >= 0.3 is 0 Å². The molecule has 5 aliphatic rings. The number of nitrogens with two attached hydrogens (primary N) is 1. The highest BCUT2D eigenvalue weighted by Crippen LogP contribution is 2.60. The van der Waals surface area contributed by atoms with Gasteiger partial charge in [-0.25, -0.2) is 0 Å². The molecule has 5 saturated carbocycles. The monoisotopic (exact) mass is 290 g/mol. The normalized spacial score (nSPS) is 43.7. The largest absolute Gasteiger partial charge is 0.344 e. The van der Waals surface area contributed by atoms with Gasteiger partial charge in [-0.15, -0.1) is 0 Å². The third kappa shape index (κ3) is 2.32. The maximum absolute atomic E-state index is 12.8. The van der Waals surface area contributed by atoms with Crippen LogP contribution in [0.2, 0.25) is 0 Å². The van der Waals surface area contributed by atoms with Crippen molar-refractivity contribution in [2.45, 2.75) is 63.8 Å². The van der Waals surface area contributed by atoms with E-state index in [2.05, 4.69) is 0 Å². The van der Waals surface area contributed by atoms with Gasteiger partial charge in [-0.3, -0.25) is 4.79 Å². The molecule has 2 N–H and O–H groups in total. The minimum absolute atomic E-state index is 0.181. The summed E-state index contributed by atoms with van der Waals surface area (Å²) in [5.74, 6) is 3.46. The summed E-state index contributed by atoms with van der Waals surface area (Å²) in [5.41, 5.74) is 6.14. The predicted octanol–water partition coefficient (Wildman–Crippen LogP) is 2.79. The van der Waals surface area contributed by atoms with Crippen molar-refractivity contribution in [3.05, 3.63) is 0 Å². The summed E-state index contributed by atoms with van der Waals surface area (Å²) < 4.78 is 0. The highest BCUT2D eigenvalue weighted by molar-refractivity contribution is 5.86. The molecule has 3 heteroatoms. The summed E-state index contributed by atoms with van der Waals surface area (Å²) in [6.45, 7) is 2.90. The van der Waals surface area contributed by atoms with E-state index in [4.69, 9.17) is 5.73 Å². The van der Waals surface area contributed by atoms with E-state index < -0.39 is 5.54 Å². The van der Waals surface area contributed by atoms with Crippen LogP contribution < -0.4 is 5.73 Å². The number of hydrogen-bond acceptors (Lipinski definition) is 2. The van der Waals surface area contributed by atoms with Crippen LogP contribution in [0.25, 0.3) is 0 Å². The molecule has 0 aromatic heterocycles. The Hall–Kier alpha value is -0.570. The minimum atomic E-state index is -0.628. The third-order valence-corrected chi connectivity index (χ3v) is 6.97. The summed E-state index contributed by atoms with van der Waals surface area (Å²) in [6, 6.07) is 0. The highest BCUT2D eigenvalue weighted by atomic mass is 16.2. The Bertz CT molecular complexity index is 417. The zero-order chi connectivity index (χ0) is 14.8. The van der Waals surface area contributed by atoms with Crippen LogP contribution in [-0.4, -0.2) is 29.9 Å². The summed E-state index contributed by atoms with van der Waals surface area (Å²) in [5, 5.41) is 0. The van der Waals surface area contributed by atoms with Gasteiger partial charge in [0.15, 0.2) is 0 Å². The molecule has 0 spiro atoms. The van der Waals surface area contributed by atoms with E-state index in [1.807, 2.05) is 18.9 Å². The molecule has 0 aliphatic heterocycles. The van der Waals surface area contributed by atoms with Gasteiger partial charge in [0.1, 0.15) is 0 Å². The van der Waals surface area contributed by atoms with E-state index in [0.29, 0.717) is 11.3 Å². The van der Waals surface area contributed by atoms with E-state index in [1.54, 1.807) is 0 Å². The fourth-order valence-electron chi connectivity index (χ4n) is 6.33. The van der Waals surface area contributed by atoms with Crippen LogP contribution in [0.5, 0.6) is 0 Å². The number of hydrogen-bond donors (Lipinski definition) is 1. The van der Waals surface area contributed by atoms with Crippen molar-refractivity contribution < 1.29 is 4.79 Å². The van der Waals surface area contributed by atoms with Gasteiger partial charge in [0.05, 0.1) is 5.54 Å². The molecule has 0 heterocycles. The smallest absolute Gasteiger partial charge is 0.242 e. The van der Waals surface area contributed by atoms with E-state index in [1.165, 1.54) is 38.5 Å². The number of likely N-dealkylation sites (N-methyl/N-ethyl adjacent to an activating group) is 1. The Labute approximate surface area is 128 Å². The standard InChI is InChI=1S/C18H30N2O/c1-17(19,15-3-4-15)16(21)20(2)11-18-8-12-5-13(9-18)7-14(6-12)10-18/h12-15H,3-11,19H2,1-2H3. The van der Waals surface area contributed by atoms with E-state index in [9.17, 15) is 4.79 Å². The lowest BCUT2D eigenvalue weighted by Gasteiger charge is -2.57. The lowest BCUT2D eigenvalue weighted by atomic mass is 9.49. The van der Waals surface area contributed by atoms with Crippen molar-refractivity contribution in [1.29, 1.82) is 0 Å². The molecule has 4 bridgehead atoms. The zero-order valence-electron chi connectivity index (χ0n) is 13.6. The molecular formula is C18H30N2O. The molecule has 5 aliphatic carbocycles. The molecule has 0 aromatic rings. The van der Waals surface area contributed by atoms with Crippen molar-refractivity contribution in [2.24, 2.45) is 34.8 Å². The summed E-state index contributed by atoms with van der Waals surface area (Å²) in [6.07, 6.45) is 10.7. The molecular weight excluding hydrogens is 260 g/mol. The van der Waals surface area contributed by atoms with Crippen molar-refractivity contribution in [1.82, 2.24) is 4.90 Å². The first-order chi connectivity index (χ1) is 9.88. The molecule has 5 fully saturated rings. The number of amides is 1. The zero-order valence-corrected chi connectivity index (χ0v) is 13.6. The molecule has 118 valence electrons. The van der Waals surface area contributed by atoms with Gasteiger partial charge < -0.3 is 10.6 Å². The molecule has 0 saturated heterocycles. The van der Waals surface area contributed by atoms with Gasteiger partial charge in [0.2, 0.25) is 5.91 Å². The quantitative estimate of drug-likeness (QED) is 0.865.